The van der Waals surface area contributed by atoms with Crippen molar-refractivity contribution in [1.29, 1.82) is 0 Å². The topological polar surface area (TPSA) is 78.4 Å². The second kappa shape index (κ2) is 12.0. The van der Waals surface area contributed by atoms with Crippen molar-refractivity contribution in [2.45, 2.75) is 24.9 Å². The van der Waals surface area contributed by atoms with Gasteiger partial charge in [-0.2, -0.15) is 0 Å². The molecule has 4 aromatic rings. The molecule has 5 nitrogen and oxygen atoms in total. The van der Waals surface area contributed by atoms with Crippen molar-refractivity contribution >= 4 is 11.9 Å². The second-order valence-corrected chi connectivity index (χ2v) is 8.77. The van der Waals surface area contributed by atoms with Crippen LogP contribution < -0.4 is 10.6 Å². The van der Waals surface area contributed by atoms with Crippen LogP contribution in [0.3, 0.4) is 0 Å². The van der Waals surface area contributed by atoms with Gasteiger partial charge < -0.3 is 15.7 Å². The molecule has 0 radical (unpaired) electrons. The van der Waals surface area contributed by atoms with Gasteiger partial charge in [-0.15, -0.1) is 0 Å². The van der Waals surface area contributed by atoms with Crippen LogP contribution in [0, 0.1) is 0 Å². The van der Waals surface area contributed by atoms with Gasteiger partial charge in [0, 0.05) is 6.42 Å². The lowest BCUT2D eigenvalue weighted by atomic mass is 9.99. The SMILES string of the molecule is CN[C@@H](Cc1ccc(-c2ccccc2)cc1)C(=O)N[C@@H](Cc1ccc(-c2ccccc2)cc1)C(=O)O. The molecule has 36 heavy (non-hydrogen) atoms. The van der Waals surface area contributed by atoms with E-state index < -0.39 is 18.1 Å². The number of carbonyl (C=O) groups excluding carboxylic acids is 1. The maximum Gasteiger partial charge on any atom is 0.326 e. The van der Waals surface area contributed by atoms with Gasteiger partial charge >= 0.3 is 5.97 Å². The number of likely N-dealkylation sites (N-methyl/N-ethyl adjacent to an activating group) is 1. The van der Waals surface area contributed by atoms with Crippen molar-refractivity contribution in [1.82, 2.24) is 10.6 Å². The predicted octanol–water partition coefficient (Wildman–Crippen LogP) is 4.96. The quantitative estimate of drug-likeness (QED) is 0.301. The average Bonchev–Trinajstić information content (AvgIpc) is 2.93. The molecular weight excluding hydrogens is 448 g/mol. The zero-order valence-electron chi connectivity index (χ0n) is 20.2. The zero-order valence-corrected chi connectivity index (χ0v) is 20.2. The molecule has 0 fully saturated rings. The maximum absolute atomic E-state index is 13.0. The molecule has 4 rings (SSSR count). The summed E-state index contributed by atoms with van der Waals surface area (Å²) in [5.41, 5.74) is 6.24. The molecule has 0 spiro atoms. The molecule has 1 amide bonds. The third-order valence-electron chi connectivity index (χ3n) is 6.28. The predicted molar refractivity (Wildman–Crippen MR) is 144 cm³/mol. The highest BCUT2D eigenvalue weighted by Crippen LogP contribution is 2.21. The molecule has 0 aliphatic rings. The van der Waals surface area contributed by atoms with E-state index in [4.69, 9.17) is 0 Å². The van der Waals surface area contributed by atoms with Gasteiger partial charge in [-0.3, -0.25) is 4.79 Å². The first-order chi connectivity index (χ1) is 17.5. The number of rotatable bonds is 10. The van der Waals surface area contributed by atoms with E-state index >= 15 is 0 Å². The lowest BCUT2D eigenvalue weighted by Crippen LogP contribution is -2.51. The van der Waals surface area contributed by atoms with E-state index in [-0.39, 0.29) is 12.3 Å². The fourth-order valence-corrected chi connectivity index (χ4v) is 4.20. The third-order valence-corrected chi connectivity index (χ3v) is 6.28. The summed E-state index contributed by atoms with van der Waals surface area (Å²) < 4.78 is 0. The molecule has 0 heterocycles. The Bertz CT molecular complexity index is 1270. The minimum absolute atomic E-state index is 0.207. The molecule has 0 saturated heterocycles. The van der Waals surface area contributed by atoms with E-state index in [1.54, 1.807) is 7.05 Å². The molecule has 0 unspecified atom stereocenters. The lowest BCUT2D eigenvalue weighted by Gasteiger charge is -2.20. The highest BCUT2D eigenvalue weighted by molar-refractivity contribution is 5.87. The summed E-state index contributed by atoms with van der Waals surface area (Å²) in [6.45, 7) is 0. The molecule has 0 saturated carbocycles. The molecular formula is C31H30N2O3. The van der Waals surface area contributed by atoms with E-state index in [0.717, 1.165) is 33.4 Å². The number of benzene rings is 4. The fraction of sp³-hybridized carbons (Fsp3) is 0.161. The molecule has 0 aliphatic heterocycles. The van der Waals surface area contributed by atoms with E-state index in [1.807, 2.05) is 97.1 Å². The van der Waals surface area contributed by atoms with Crippen LogP contribution in [-0.4, -0.2) is 36.1 Å². The van der Waals surface area contributed by atoms with Gasteiger partial charge in [-0.25, -0.2) is 4.79 Å². The van der Waals surface area contributed by atoms with Crippen LogP contribution >= 0.6 is 0 Å². The summed E-state index contributed by atoms with van der Waals surface area (Å²) >= 11 is 0. The van der Waals surface area contributed by atoms with Crippen LogP contribution in [-0.2, 0) is 22.4 Å². The van der Waals surface area contributed by atoms with Crippen molar-refractivity contribution in [2.24, 2.45) is 0 Å². The number of carboxylic acid groups (broad SMARTS) is 1. The van der Waals surface area contributed by atoms with Crippen LogP contribution in [0.25, 0.3) is 22.3 Å². The Morgan fingerprint density at radius 1 is 0.611 bits per heavy atom. The Hall–Kier alpha value is -4.22. The van der Waals surface area contributed by atoms with E-state index in [9.17, 15) is 14.7 Å². The number of carbonyl (C=O) groups is 2. The van der Waals surface area contributed by atoms with Gasteiger partial charge in [0.25, 0.3) is 0 Å². The fourth-order valence-electron chi connectivity index (χ4n) is 4.20. The van der Waals surface area contributed by atoms with Crippen LogP contribution in [0.15, 0.2) is 109 Å². The van der Waals surface area contributed by atoms with Gasteiger partial charge in [0.05, 0.1) is 6.04 Å². The Labute approximate surface area is 211 Å². The maximum atomic E-state index is 13.0. The van der Waals surface area contributed by atoms with E-state index in [2.05, 4.69) is 22.8 Å². The monoisotopic (exact) mass is 478 g/mol. The van der Waals surface area contributed by atoms with Gasteiger partial charge in [0.1, 0.15) is 6.04 Å². The summed E-state index contributed by atoms with van der Waals surface area (Å²) in [7, 11) is 1.71. The third kappa shape index (κ3) is 6.46. The Morgan fingerprint density at radius 2 is 1.00 bits per heavy atom. The van der Waals surface area contributed by atoms with Crippen LogP contribution in [0.4, 0.5) is 0 Å². The smallest absolute Gasteiger partial charge is 0.326 e. The first-order valence-corrected chi connectivity index (χ1v) is 12.0. The Kier molecular flexibility index (Phi) is 8.27. The lowest BCUT2D eigenvalue weighted by molar-refractivity contribution is -0.142. The largest absolute Gasteiger partial charge is 0.480 e. The first-order valence-electron chi connectivity index (χ1n) is 12.0. The van der Waals surface area contributed by atoms with E-state index in [1.165, 1.54) is 0 Å². The van der Waals surface area contributed by atoms with Gasteiger partial charge in [-0.1, -0.05) is 109 Å². The van der Waals surface area contributed by atoms with Crippen LogP contribution in [0.2, 0.25) is 0 Å². The minimum atomic E-state index is -1.06. The number of amides is 1. The van der Waals surface area contributed by atoms with Crippen molar-refractivity contribution < 1.29 is 14.7 Å². The second-order valence-electron chi connectivity index (χ2n) is 8.77. The number of nitrogens with one attached hydrogen (secondary N) is 2. The van der Waals surface area contributed by atoms with Gasteiger partial charge in [0.2, 0.25) is 5.91 Å². The Morgan fingerprint density at radius 3 is 1.39 bits per heavy atom. The molecule has 5 heteroatoms. The zero-order chi connectivity index (χ0) is 25.3. The van der Waals surface area contributed by atoms with Crippen molar-refractivity contribution in [2.75, 3.05) is 7.05 Å². The van der Waals surface area contributed by atoms with Crippen LogP contribution in [0.5, 0.6) is 0 Å². The summed E-state index contributed by atoms with van der Waals surface area (Å²) in [5.74, 6) is -1.39. The number of aliphatic carboxylic acids is 1. The van der Waals surface area contributed by atoms with Crippen LogP contribution in [0.1, 0.15) is 11.1 Å². The molecule has 0 bridgehead atoms. The van der Waals surface area contributed by atoms with Gasteiger partial charge in [0.15, 0.2) is 0 Å². The highest BCUT2D eigenvalue weighted by atomic mass is 16.4. The summed E-state index contributed by atoms with van der Waals surface area (Å²) in [4.78, 5) is 24.9. The Balaban J connectivity index is 1.38. The number of hydrogen-bond donors (Lipinski definition) is 3. The standard InChI is InChI=1S/C31H30N2O3/c1-32-28(20-22-12-16-26(17-13-22)24-8-4-2-5-9-24)30(34)33-29(31(35)36)21-23-14-18-27(19-15-23)25-10-6-3-7-11-25/h2-19,28-29,32H,20-21H2,1H3,(H,33,34)(H,35,36)/t28-,29-/m0/s1. The normalized spacial score (nSPS) is 12.5. The highest BCUT2D eigenvalue weighted by Gasteiger charge is 2.25. The molecule has 2 atom stereocenters. The molecule has 0 aliphatic carbocycles. The van der Waals surface area contributed by atoms with Crippen molar-refractivity contribution in [3.05, 3.63) is 120 Å². The van der Waals surface area contributed by atoms with E-state index in [0.29, 0.717) is 6.42 Å². The van der Waals surface area contributed by atoms with Crippen molar-refractivity contribution in [3.8, 4) is 22.3 Å². The molecule has 4 aromatic carbocycles. The minimum Gasteiger partial charge on any atom is -0.480 e. The first kappa shape index (κ1) is 24.9. The number of hydrogen-bond acceptors (Lipinski definition) is 3. The van der Waals surface area contributed by atoms with Gasteiger partial charge in [-0.05, 0) is 46.8 Å². The summed E-state index contributed by atoms with van der Waals surface area (Å²) in [5, 5.41) is 15.5. The van der Waals surface area contributed by atoms with Crippen molar-refractivity contribution in [3.63, 3.8) is 0 Å². The summed E-state index contributed by atoms with van der Waals surface area (Å²) in [6, 6.07) is 34.4. The molecule has 182 valence electrons. The average molecular weight is 479 g/mol. The number of carboxylic acids is 1. The summed E-state index contributed by atoms with van der Waals surface area (Å²) in [6.07, 6.45) is 0.661. The molecule has 3 N–H and O–H groups in total. The molecule has 0 aromatic heterocycles.